The minimum Gasteiger partial charge on any atom is -0.165 e. The highest BCUT2D eigenvalue weighted by Crippen LogP contribution is 2.38. The lowest BCUT2D eigenvalue weighted by molar-refractivity contribution is -0.134. The summed E-state index contributed by atoms with van der Waals surface area (Å²) >= 11 is 3.98. The first kappa shape index (κ1) is 9.98. The molecule has 2 rings (SSSR count). The van der Waals surface area contributed by atoms with Crippen molar-refractivity contribution in [1.82, 2.24) is 0 Å². The minimum atomic E-state index is -4.24. The Hall–Kier alpha value is -0.550. The van der Waals surface area contributed by atoms with Gasteiger partial charge in [-0.15, -0.1) is 11.3 Å². The minimum absolute atomic E-state index is 0.550. The maximum atomic E-state index is 12.3. The number of alkyl halides is 3. The zero-order chi connectivity index (χ0) is 10.3. The van der Waals surface area contributed by atoms with Crippen LogP contribution in [0.2, 0.25) is 0 Å². The fraction of sp³-hybridized carbons (Fsp3) is 0.111. The van der Waals surface area contributed by atoms with Gasteiger partial charge in [0.1, 0.15) is 4.88 Å². The van der Waals surface area contributed by atoms with E-state index in [2.05, 4.69) is 15.9 Å². The van der Waals surface area contributed by atoms with Gasteiger partial charge in [0.2, 0.25) is 0 Å². The van der Waals surface area contributed by atoms with Crippen molar-refractivity contribution in [2.45, 2.75) is 6.18 Å². The second kappa shape index (κ2) is 3.24. The summed E-state index contributed by atoms with van der Waals surface area (Å²) in [5.41, 5.74) is 0. The quantitative estimate of drug-likeness (QED) is 0.657. The molecule has 14 heavy (non-hydrogen) atoms. The summed E-state index contributed by atoms with van der Waals surface area (Å²) in [6.07, 6.45) is -4.24. The molecule has 0 aliphatic heterocycles. The molecule has 0 bridgehead atoms. The molecule has 1 aromatic heterocycles. The summed E-state index contributed by atoms with van der Waals surface area (Å²) in [5, 5.41) is 0.622. The Morgan fingerprint density at radius 3 is 2.50 bits per heavy atom. The van der Waals surface area contributed by atoms with Crippen molar-refractivity contribution in [2.24, 2.45) is 0 Å². The average molecular weight is 281 g/mol. The van der Waals surface area contributed by atoms with Crippen molar-refractivity contribution in [2.75, 3.05) is 0 Å². The SMILES string of the molecule is FC(F)(F)c1cc2cc(Br)ccc2s1. The number of rotatable bonds is 0. The second-order valence-corrected chi connectivity index (χ2v) is 4.79. The van der Waals surface area contributed by atoms with E-state index in [1.54, 1.807) is 18.2 Å². The molecule has 0 saturated heterocycles. The number of hydrogen-bond acceptors (Lipinski definition) is 1. The third-order valence-electron chi connectivity index (χ3n) is 1.76. The number of fused-ring (bicyclic) bond motifs is 1. The molecule has 0 amide bonds. The van der Waals surface area contributed by atoms with Gasteiger partial charge in [0.05, 0.1) is 0 Å². The van der Waals surface area contributed by atoms with Gasteiger partial charge in [-0.2, -0.15) is 13.2 Å². The van der Waals surface area contributed by atoms with Gasteiger partial charge in [0.25, 0.3) is 0 Å². The van der Waals surface area contributed by atoms with Crippen molar-refractivity contribution >= 4 is 37.4 Å². The Kier molecular flexibility index (Phi) is 2.31. The van der Waals surface area contributed by atoms with Crippen molar-refractivity contribution in [1.29, 1.82) is 0 Å². The maximum absolute atomic E-state index is 12.3. The first-order chi connectivity index (χ1) is 6.47. The smallest absolute Gasteiger partial charge is 0.165 e. The highest BCUT2D eigenvalue weighted by atomic mass is 79.9. The molecule has 0 aliphatic carbocycles. The predicted molar refractivity (Wildman–Crippen MR) is 54.5 cm³/mol. The normalized spacial score (nSPS) is 12.3. The van der Waals surface area contributed by atoms with Crippen LogP contribution in [-0.4, -0.2) is 0 Å². The number of benzene rings is 1. The molecule has 0 spiro atoms. The van der Waals surface area contributed by atoms with Crippen LogP contribution in [-0.2, 0) is 6.18 Å². The van der Waals surface area contributed by atoms with Crippen LogP contribution in [0.1, 0.15) is 4.88 Å². The van der Waals surface area contributed by atoms with Gasteiger partial charge >= 0.3 is 6.18 Å². The van der Waals surface area contributed by atoms with E-state index in [9.17, 15) is 13.2 Å². The Morgan fingerprint density at radius 2 is 1.86 bits per heavy atom. The van der Waals surface area contributed by atoms with Gasteiger partial charge in [-0.1, -0.05) is 15.9 Å². The Labute approximate surface area is 90.5 Å². The second-order valence-electron chi connectivity index (χ2n) is 2.79. The van der Waals surface area contributed by atoms with E-state index in [0.717, 1.165) is 15.8 Å². The molecule has 1 heterocycles. The number of halogens is 4. The third kappa shape index (κ3) is 1.79. The van der Waals surface area contributed by atoms with Crippen molar-refractivity contribution in [3.63, 3.8) is 0 Å². The van der Waals surface area contributed by atoms with Crippen LogP contribution in [0.5, 0.6) is 0 Å². The van der Waals surface area contributed by atoms with Gasteiger partial charge in [-0.25, -0.2) is 0 Å². The van der Waals surface area contributed by atoms with Gasteiger partial charge < -0.3 is 0 Å². The van der Waals surface area contributed by atoms with E-state index in [1.165, 1.54) is 6.07 Å². The van der Waals surface area contributed by atoms with Crippen molar-refractivity contribution < 1.29 is 13.2 Å². The average Bonchev–Trinajstić information content (AvgIpc) is 2.45. The predicted octanol–water partition coefficient (Wildman–Crippen LogP) is 4.68. The Morgan fingerprint density at radius 1 is 1.14 bits per heavy atom. The first-order valence-electron chi connectivity index (χ1n) is 3.73. The molecule has 1 aromatic carbocycles. The molecule has 5 heteroatoms. The maximum Gasteiger partial charge on any atom is 0.425 e. The van der Waals surface area contributed by atoms with E-state index in [1.807, 2.05) is 0 Å². The lowest BCUT2D eigenvalue weighted by Crippen LogP contribution is -2.00. The summed E-state index contributed by atoms with van der Waals surface area (Å²) in [7, 11) is 0. The molecular formula is C9H4BrF3S. The molecule has 0 nitrogen and oxygen atoms in total. The first-order valence-corrected chi connectivity index (χ1v) is 5.34. The van der Waals surface area contributed by atoms with Gasteiger partial charge in [-0.05, 0) is 29.7 Å². The molecule has 0 atom stereocenters. The van der Waals surface area contributed by atoms with Crippen molar-refractivity contribution in [3.05, 3.63) is 33.6 Å². The molecule has 0 unspecified atom stereocenters. The van der Waals surface area contributed by atoms with Gasteiger partial charge in [0.15, 0.2) is 0 Å². The van der Waals surface area contributed by atoms with E-state index in [-0.39, 0.29) is 0 Å². The summed E-state index contributed by atoms with van der Waals surface area (Å²) in [4.78, 5) is -0.550. The zero-order valence-electron chi connectivity index (χ0n) is 6.73. The molecule has 74 valence electrons. The van der Waals surface area contributed by atoms with Crippen LogP contribution in [0.25, 0.3) is 10.1 Å². The molecule has 0 radical (unpaired) electrons. The van der Waals surface area contributed by atoms with E-state index < -0.39 is 11.1 Å². The topological polar surface area (TPSA) is 0 Å². The zero-order valence-corrected chi connectivity index (χ0v) is 9.13. The highest BCUT2D eigenvalue weighted by Gasteiger charge is 2.32. The van der Waals surface area contributed by atoms with Gasteiger partial charge in [-0.3, -0.25) is 0 Å². The summed E-state index contributed by atoms with van der Waals surface area (Å²) in [6.45, 7) is 0. The van der Waals surface area contributed by atoms with Crippen LogP contribution in [0.15, 0.2) is 28.7 Å². The lowest BCUT2D eigenvalue weighted by atomic mass is 10.2. The molecular weight excluding hydrogens is 277 g/mol. The van der Waals surface area contributed by atoms with E-state index in [0.29, 0.717) is 10.1 Å². The Bertz CT molecular complexity index is 472. The van der Waals surface area contributed by atoms with Crippen LogP contribution in [0.4, 0.5) is 13.2 Å². The van der Waals surface area contributed by atoms with E-state index >= 15 is 0 Å². The van der Waals surface area contributed by atoms with Gasteiger partial charge in [0, 0.05) is 9.17 Å². The highest BCUT2D eigenvalue weighted by molar-refractivity contribution is 9.10. The van der Waals surface area contributed by atoms with Crippen LogP contribution in [0, 0.1) is 0 Å². The molecule has 0 N–H and O–H groups in total. The monoisotopic (exact) mass is 280 g/mol. The van der Waals surface area contributed by atoms with Crippen LogP contribution in [0.3, 0.4) is 0 Å². The van der Waals surface area contributed by atoms with Crippen LogP contribution >= 0.6 is 27.3 Å². The molecule has 2 aromatic rings. The number of thiophene rings is 1. The van der Waals surface area contributed by atoms with Crippen molar-refractivity contribution in [3.8, 4) is 0 Å². The fourth-order valence-electron chi connectivity index (χ4n) is 1.15. The molecule has 0 fully saturated rings. The summed E-state index contributed by atoms with van der Waals surface area (Å²) in [5.74, 6) is 0. The fourth-order valence-corrected chi connectivity index (χ4v) is 2.44. The molecule has 0 aliphatic rings. The lowest BCUT2D eigenvalue weighted by Gasteiger charge is -1.99. The largest absolute Gasteiger partial charge is 0.425 e. The third-order valence-corrected chi connectivity index (χ3v) is 3.41. The summed E-state index contributed by atoms with van der Waals surface area (Å²) < 4.78 is 38.4. The molecule has 0 saturated carbocycles. The number of hydrogen-bond donors (Lipinski definition) is 0. The van der Waals surface area contributed by atoms with E-state index in [4.69, 9.17) is 0 Å². The summed E-state index contributed by atoms with van der Waals surface area (Å²) in [6, 6.07) is 6.27. The Balaban J connectivity index is 2.63. The van der Waals surface area contributed by atoms with Crippen LogP contribution < -0.4 is 0 Å². The standard InChI is InChI=1S/C9H4BrF3S/c10-6-1-2-7-5(3-6)4-8(14-7)9(11,12)13/h1-4H.